The van der Waals surface area contributed by atoms with Gasteiger partial charge in [0, 0.05) is 48.6 Å². The summed E-state index contributed by atoms with van der Waals surface area (Å²) in [6, 6.07) is 4.60. The van der Waals surface area contributed by atoms with Crippen LogP contribution in [0.3, 0.4) is 0 Å². The summed E-state index contributed by atoms with van der Waals surface area (Å²) in [6.07, 6.45) is 5.10. The Morgan fingerprint density at radius 3 is 2.31 bits per heavy atom. The Balaban J connectivity index is 2.28. The van der Waals surface area contributed by atoms with Crippen molar-refractivity contribution in [2.75, 3.05) is 6.26 Å². The molecule has 2 heterocycles. The minimum absolute atomic E-state index is 0.0671. The summed E-state index contributed by atoms with van der Waals surface area (Å²) in [6.45, 7) is 6.71. The normalized spacial score (nSPS) is 13.8. The first-order valence-corrected chi connectivity index (χ1v) is 11.7. The van der Waals surface area contributed by atoms with Crippen LogP contribution in [0.4, 0.5) is 0 Å². The van der Waals surface area contributed by atoms with Crippen LogP contribution in [0.25, 0.3) is 11.1 Å². The van der Waals surface area contributed by atoms with Crippen molar-refractivity contribution < 1.29 is 23.2 Å². The van der Waals surface area contributed by atoms with Crippen molar-refractivity contribution in [2.24, 2.45) is 0 Å². The molecule has 10 nitrogen and oxygen atoms in total. The number of nitrogens with one attached hydrogen (secondary N) is 2. The smallest absolute Gasteiger partial charge is 0.264 e. The van der Waals surface area contributed by atoms with Gasteiger partial charge in [0.15, 0.2) is 14.6 Å². The number of hydrogen-bond donors (Lipinski definition) is 3. The molecule has 0 fully saturated rings. The summed E-state index contributed by atoms with van der Waals surface area (Å²) in [4.78, 5) is 41.0. The van der Waals surface area contributed by atoms with E-state index in [0.29, 0.717) is 16.7 Å². The second kappa shape index (κ2) is 9.21. The first-order valence-electron chi connectivity index (χ1n) is 9.80. The van der Waals surface area contributed by atoms with Gasteiger partial charge in [0.05, 0.1) is 5.56 Å². The Morgan fingerprint density at radius 2 is 1.78 bits per heavy atom. The minimum Gasteiger partial charge on any atom is -0.347 e. The molecule has 2 aromatic rings. The third-order valence-corrected chi connectivity index (χ3v) is 7.07. The maximum Gasteiger partial charge on any atom is 0.264 e. The second-order valence-electron chi connectivity index (χ2n) is 8.81. The molecule has 174 valence electrons. The van der Waals surface area contributed by atoms with Gasteiger partial charge in [-0.15, -0.1) is 0 Å². The zero-order valence-corrected chi connectivity index (χ0v) is 19.5. The first-order chi connectivity index (χ1) is 14.7. The van der Waals surface area contributed by atoms with E-state index in [-0.39, 0.29) is 18.9 Å². The van der Waals surface area contributed by atoms with Crippen molar-refractivity contribution >= 4 is 21.7 Å². The SMILES string of the molecule is CC(C)(C)NC(=O)c1cncc(-c2ccn(CCC(C)(C(=O)NO)S(C)(=O)=O)c(=O)c2)c1. The lowest BCUT2D eigenvalue weighted by atomic mass is 10.0. The summed E-state index contributed by atoms with van der Waals surface area (Å²) in [5, 5.41) is 11.8. The van der Waals surface area contributed by atoms with Gasteiger partial charge in [0.2, 0.25) is 0 Å². The predicted molar refractivity (Wildman–Crippen MR) is 119 cm³/mol. The highest BCUT2D eigenvalue weighted by atomic mass is 32.2. The van der Waals surface area contributed by atoms with Crippen molar-refractivity contribution in [3.8, 4) is 11.1 Å². The monoisotopic (exact) mass is 464 g/mol. The molecule has 11 heteroatoms. The summed E-state index contributed by atoms with van der Waals surface area (Å²) in [7, 11) is -3.87. The first kappa shape index (κ1) is 25.2. The van der Waals surface area contributed by atoms with Crippen molar-refractivity contribution in [3.05, 3.63) is 52.7 Å². The molecule has 0 saturated heterocycles. The average Bonchev–Trinajstić information content (AvgIpc) is 2.70. The lowest BCUT2D eigenvalue weighted by Crippen LogP contribution is -2.49. The molecule has 1 unspecified atom stereocenters. The number of nitrogens with zero attached hydrogens (tertiary/aromatic N) is 2. The summed E-state index contributed by atoms with van der Waals surface area (Å²) in [5.41, 5.74) is 1.98. The van der Waals surface area contributed by atoms with E-state index < -0.39 is 31.6 Å². The van der Waals surface area contributed by atoms with Gasteiger partial charge >= 0.3 is 0 Å². The van der Waals surface area contributed by atoms with Crippen molar-refractivity contribution in [2.45, 2.75) is 50.9 Å². The van der Waals surface area contributed by atoms with Crippen LogP contribution >= 0.6 is 0 Å². The van der Waals surface area contributed by atoms with E-state index in [1.54, 1.807) is 12.1 Å². The molecule has 2 aromatic heterocycles. The van der Waals surface area contributed by atoms with Gasteiger partial charge in [-0.05, 0) is 51.8 Å². The molecule has 0 radical (unpaired) electrons. The van der Waals surface area contributed by atoms with Crippen LogP contribution in [0.15, 0.2) is 41.6 Å². The van der Waals surface area contributed by atoms with Gasteiger partial charge in [0.1, 0.15) is 0 Å². The zero-order chi connectivity index (χ0) is 24.3. The van der Waals surface area contributed by atoms with E-state index in [4.69, 9.17) is 5.21 Å². The number of aromatic nitrogens is 2. The van der Waals surface area contributed by atoms with Crippen LogP contribution in [-0.4, -0.2) is 51.5 Å². The Labute approximate surface area is 186 Å². The Morgan fingerprint density at radius 1 is 1.12 bits per heavy atom. The number of carbonyl (C=O) groups excluding carboxylic acids is 2. The number of sulfone groups is 1. The largest absolute Gasteiger partial charge is 0.347 e. The molecule has 0 saturated carbocycles. The molecule has 0 aliphatic rings. The molecule has 2 amide bonds. The van der Waals surface area contributed by atoms with Crippen LogP contribution in [-0.2, 0) is 21.2 Å². The van der Waals surface area contributed by atoms with E-state index in [1.807, 2.05) is 20.8 Å². The molecule has 0 aliphatic heterocycles. The fourth-order valence-electron chi connectivity index (χ4n) is 2.93. The Kier molecular flexibility index (Phi) is 7.26. The van der Waals surface area contributed by atoms with Crippen molar-refractivity contribution in [1.29, 1.82) is 0 Å². The lowest BCUT2D eigenvalue weighted by Gasteiger charge is -2.25. The number of aryl methyl sites for hydroxylation is 1. The van der Waals surface area contributed by atoms with Crippen LogP contribution < -0.4 is 16.4 Å². The average molecular weight is 465 g/mol. The fourth-order valence-corrected chi connectivity index (χ4v) is 3.77. The van der Waals surface area contributed by atoms with Gasteiger partial charge in [0.25, 0.3) is 17.4 Å². The molecule has 0 aliphatic carbocycles. The van der Waals surface area contributed by atoms with Crippen LogP contribution in [0.2, 0.25) is 0 Å². The van der Waals surface area contributed by atoms with E-state index in [2.05, 4.69) is 10.3 Å². The number of hydroxylamine groups is 1. The molecule has 2 rings (SSSR count). The maximum atomic E-state index is 12.6. The standard InChI is InChI=1S/C21H28N4O6S/c1-20(2,3)23-18(27)16-10-15(12-22-13-16)14-6-8-25(17(26)11-14)9-7-21(4,19(28)24-29)32(5,30)31/h6,8,10-13,29H,7,9H2,1-5H3,(H,23,27)(H,24,28). The number of rotatable bonds is 7. The van der Waals surface area contributed by atoms with E-state index >= 15 is 0 Å². The van der Waals surface area contributed by atoms with Crippen LogP contribution in [0.1, 0.15) is 44.5 Å². The Hall–Kier alpha value is -3.05. The van der Waals surface area contributed by atoms with Gasteiger partial charge in [-0.2, -0.15) is 0 Å². The van der Waals surface area contributed by atoms with Crippen molar-refractivity contribution in [3.63, 3.8) is 0 Å². The Bertz CT molecular complexity index is 1180. The fraction of sp³-hybridized carbons (Fsp3) is 0.429. The highest BCUT2D eigenvalue weighted by molar-refractivity contribution is 7.92. The number of hydrogen-bond acceptors (Lipinski definition) is 7. The topological polar surface area (TPSA) is 147 Å². The molecule has 0 bridgehead atoms. The second-order valence-corrected chi connectivity index (χ2v) is 11.3. The molecular weight excluding hydrogens is 436 g/mol. The third kappa shape index (κ3) is 5.80. The summed E-state index contributed by atoms with van der Waals surface area (Å²) >= 11 is 0. The molecule has 0 spiro atoms. The van der Waals surface area contributed by atoms with Gasteiger partial charge < -0.3 is 9.88 Å². The maximum absolute atomic E-state index is 12.6. The molecule has 32 heavy (non-hydrogen) atoms. The highest BCUT2D eigenvalue weighted by Crippen LogP contribution is 2.23. The highest BCUT2D eigenvalue weighted by Gasteiger charge is 2.43. The van der Waals surface area contributed by atoms with E-state index in [0.717, 1.165) is 6.26 Å². The van der Waals surface area contributed by atoms with Crippen LogP contribution in [0.5, 0.6) is 0 Å². The van der Waals surface area contributed by atoms with Crippen LogP contribution in [0, 0.1) is 0 Å². The quantitative estimate of drug-likeness (QED) is 0.411. The number of amides is 2. The number of pyridine rings is 2. The lowest BCUT2D eigenvalue weighted by molar-refractivity contribution is -0.131. The summed E-state index contributed by atoms with van der Waals surface area (Å²) in [5.74, 6) is -1.36. The minimum atomic E-state index is -3.87. The van der Waals surface area contributed by atoms with Gasteiger partial charge in [-0.25, -0.2) is 13.9 Å². The molecule has 1 atom stereocenters. The van der Waals surface area contributed by atoms with Gasteiger partial charge in [-0.3, -0.25) is 24.6 Å². The predicted octanol–water partition coefficient (Wildman–Crippen LogP) is 1.14. The molecule has 3 N–H and O–H groups in total. The van der Waals surface area contributed by atoms with E-state index in [9.17, 15) is 22.8 Å². The third-order valence-electron chi connectivity index (χ3n) is 5.05. The van der Waals surface area contributed by atoms with Crippen molar-refractivity contribution in [1.82, 2.24) is 20.3 Å². The van der Waals surface area contributed by atoms with Gasteiger partial charge in [-0.1, -0.05) is 0 Å². The summed E-state index contributed by atoms with van der Waals surface area (Å²) < 4.78 is 23.5. The number of carbonyl (C=O) groups is 2. The molecular formula is C21H28N4O6S. The zero-order valence-electron chi connectivity index (χ0n) is 18.7. The molecule has 0 aromatic carbocycles. The van der Waals surface area contributed by atoms with E-state index in [1.165, 1.54) is 41.6 Å².